The molecule has 1 N–H and O–H groups in total. The maximum atomic E-state index is 13.2. The molecule has 0 aliphatic carbocycles. The fourth-order valence-corrected chi connectivity index (χ4v) is 3.60. The third-order valence-electron chi connectivity index (χ3n) is 2.88. The molecule has 1 aromatic carbocycles. The second-order valence-corrected chi connectivity index (χ2v) is 7.18. The standard InChI is InChI=1S/C12H14FNO3S2/c1-9-14(6-2-3-7-19(15,16)17)11-8-10(13)4-5-12(11)18-9/h4-5,8H,2-3,6-7H2,1H3/p+1. The van der Waals surface area contributed by atoms with Crippen molar-refractivity contribution in [1.29, 1.82) is 0 Å². The fourth-order valence-electron chi connectivity index (χ4n) is 2.00. The zero-order valence-corrected chi connectivity index (χ0v) is 12.1. The zero-order chi connectivity index (χ0) is 14.0. The largest absolute Gasteiger partial charge is 0.286 e. The maximum Gasteiger partial charge on any atom is 0.264 e. The maximum absolute atomic E-state index is 13.2. The van der Waals surface area contributed by atoms with E-state index in [1.54, 1.807) is 17.4 Å². The number of hydrogen-bond acceptors (Lipinski definition) is 3. The van der Waals surface area contributed by atoms with Crippen LogP contribution in [0.1, 0.15) is 17.8 Å². The SMILES string of the molecule is Cc1sc2ccc(F)cc2[n+]1CCCCS(=O)(=O)O. The summed E-state index contributed by atoms with van der Waals surface area (Å²) in [6.45, 7) is 2.57. The first-order valence-corrected chi connectivity index (χ1v) is 8.33. The molecule has 19 heavy (non-hydrogen) atoms. The first-order chi connectivity index (χ1) is 8.87. The van der Waals surface area contributed by atoms with Crippen molar-refractivity contribution in [3.8, 4) is 0 Å². The van der Waals surface area contributed by atoms with Gasteiger partial charge in [0.2, 0.25) is 10.5 Å². The second kappa shape index (κ2) is 5.52. The number of fused-ring (bicyclic) bond motifs is 1. The van der Waals surface area contributed by atoms with Gasteiger partial charge in [0.05, 0.1) is 5.75 Å². The predicted molar refractivity (Wildman–Crippen MR) is 72.4 cm³/mol. The van der Waals surface area contributed by atoms with Gasteiger partial charge in [-0.25, -0.2) is 4.39 Å². The van der Waals surface area contributed by atoms with Crippen LogP contribution in [0.15, 0.2) is 18.2 Å². The Labute approximate surface area is 115 Å². The average molecular weight is 304 g/mol. The van der Waals surface area contributed by atoms with Crippen LogP contribution >= 0.6 is 11.3 Å². The lowest BCUT2D eigenvalue weighted by atomic mass is 10.3. The van der Waals surface area contributed by atoms with Crippen LogP contribution in [0.5, 0.6) is 0 Å². The minimum Gasteiger partial charge on any atom is -0.286 e. The van der Waals surface area contributed by atoms with E-state index in [0.29, 0.717) is 19.4 Å². The fraction of sp³-hybridized carbons (Fsp3) is 0.417. The predicted octanol–water partition coefficient (Wildman–Crippen LogP) is 2.30. The summed E-state index contributed by atoms with van der Waals surface area (Å²) in [7, 11) is -3.89. The normalized spacial score (nSPS) is 12.2. The van der Waals surface area contributed by atoms with Gasteiger partial charge < -0.3 is 0 Å². The van der Waals surface area contributed by atoms with E-state index in [4.69, 9.17) is 4.55 Å². The van der Waals surface area contributed by atoms with E-state index in [9.17, 15) is 12.8 Å². The van der Waals surface area contributed by atoms with Gasteiger partial charge in [-0.15, -0.1) is 0 Å². The van der Waals surface area contributed by atoms with E-state index >= 15 is 0 Å². The van der Waals surface area contributed by atoms with Crippen molar-refractivity contribution in [3.05, 3.63) is 29.0 Å². The average Bonchev–Trinajstić information content (AvgIpc) is 2.59. The van der Waals surface area contributed by atoms with E-state index in [0.717, 1.165) is 15.2 Å². The lowest BCUT2D eigenvalue weighted by molar-refractivity contribution is -0.673. The monoisotopic (exact) mass is 304 g/mol. The van der Waals surface area contributed by atoms with Crippen molar-refractivity contribution in [2.45, 2.75) is 26.3 Å². The molecule has 1 heterocycles. The van der Waals surface area contributed by atoms with Crippen LogP contribution in [-0.2, 0) is 16.7 Å². The molecule has 0 saturated heterocycles. The van der Waals surface area contributed by atoms with Gasteiger partial charge in [-0.1, -0.05) is 11.3 Å². The number of hydrogen-bond donors (Lipinski definition) is 1. The van der Waals surface area contributed by atoms with E-state index in [1.807, 2.05) is 11.5 Å². The van der Waals surface area contributed by atoms with Crippen molar-refractivity contribution in [2.24, 2.45) is 0 Å². The highest BCUT2D eigenvalue weighted by atomic mass is 32.2. The lowest BCUT2D eigenvalue weighted by Gasteiger charge is -1.97. The van der Waals surface area contributed by atoms with Gasteiger partial charge >= 0.3 is 0 Å². The third-order valence-corrected chi connectivity index (χ3v) is 4.77. The number of rotatable bonds is 5. The topological polar surface area (TPSA) is 58.2 Å². The van der Waals surface area contributed by atoms with Gasteiger partial charge in [-0.05, 0) is 18.6 Å². The van der Waals surface area contributed by atoms with Crippen LogP contribution < -0.4 is 4.57 Å². The van der Waals surface area contributed by atoms with E-state index in [1.165, 1.54) is 12.1 Å². The molecule has 0 aliphatic heterocycles. The molecule has 104 valence electrons. The Morgan fingerprint density at radius 2 is 2.11 bits per heavy atom. The molecule has 2 aromatic rings. The molecule has 0 atom stereocenters. The molecule has 0 spiro atoms. The van der Waals surface area contributed by atoms with Gasteiger partial charge in [0, 0.05) is 19.4 Å². The van der Waals surface area contributed by atoms with E-state index < -0.39 is 10.1 Å². The Kier molecular flexibility index (Phi) is 4.17. The third kappa shape index (κ3) is 3.71. The van der Waals surface area contributed by atoms with Gasteiger partial charge in [-0.3, -0.25) is 4.55 Å². The summed E-state index contributed by atoms with van der Waals surface area (Å²) in [5, 5.41) is 1.05. The van der Waals surface area contributed by atoms with Gasteiger partial charge in [0.1, 0.15) is 17.1 Å². The summed E-state index contributed by atoms with van der Waals surface area (Å²) in [5.41, 5.74) is 0.828. The molecule has 2 rings (SSSR count). The van der Waals surface area contributed by atoms with Crippen LogP contribution in [0.3, 0.4) is 0 Å². The minimum absolute atomic E-state index is 0.233. The number of thiazole rings is 1. The van der Waals surface area contributed by atoms with Crippen molar-refractivity contribution in [3.63, 3.8) is 0 Å². The number of aromatic nitrogens is 1. The summed E-state index contributed by atoms with van der Waals surface area (Å²) >= 11 is 1.58. The van der Waals surface area contributed by atoms with Crippen molar-refractivity contribution in [1.82, 2.24) is 0 Å². The molecule has 7 heteroatoms. The van der Waals surface area contributed by atoms with Crippen LogP contribution in [0, 0.1) is 12.7 Å². The summed E-state index contributed by atoms with van der Waals surface area (Å²) in [6, 6.07) is 4.67. The molecule has 0 amide bonds. The quantitative estimate of drug-likeness (QED) is 0.524. The number of aryl methyl sites for hydroxylation is 2. The van der Waals surface area contributed by atoms with E-state index in [-0.39, 0.29) is 11.6 Å². The summed E-state index contributed by atoms with van der Waals surface area (Å²) < 4.78 is 46.1. The summed E-state index contributed by atoms with van der Waals surface area (Å²) in [5.74, 6) is -0.514. The lowest BCUT2D eigenvalue weighted by Crippen LogP contribution is -2.35. The molecule has 0 saturated carbocycles. The highest BCUT2D eigenvalue weighted by molar-refractivity contribution is 7.85. The molecular formula is C12H15FNO3S2+. The Bertz CT molecular complexity index is 694. The summed E-state index contributed by atoms with van der Waals surface area (Å²) in [6.07, 6.45) is 1.01. The molecule has 0 bridgehead atoms. The molecule has 0 radical (unpaired) electrons. The Morgan fingerprint density at radius 1 is 1.37 bits per heavy atom. The number of unbranched alkanes of at least 4 members (excludes halogenated alkanes) is 1. The smallest absolute Gasteiger partial charge is 0.264 e. The molecule has 1 aromatic heterocycles. The van der Waals surface area contributed by atoms with E-state index in [2.05, 4.69) is 0 Å². The minimum atomic E-state index is -3.89. The van der Waals surface area contributed by atoms with Crippen LogP contribution in [0.2, 0.25) is 0 Å². The van der Waals surface area contributed by atoms with Crippen LogP contribution in [0.25, 0.3) is 10.2 Å². The van der Waals surface area contributed by atoms with Crippen LogP contribution in [-0.4, -0.2) is 18.7 Å². The molecular weight excluding hydrogens is 289 g/mol. The zero-order valence-electron chi connectivity index (χ0n) is 10.5. The van der Waals surface area contributed by atoms with Crippen molar-refractivity contribution in [2.75, 3.05) is 5.75 Å². The summed E-state index contributed by atoms with van der Waals surface area (Å²) in [4.78, 5) is 0. The Morgan fingerprint density at radius 3 is 2.79 bits per heavy atom. The van der Waals surface area contributed by atoms with Crippen molar-refractivity contribution >= 4 is 31.7 Å². The first kappa shape index (κ1) is 14.4. The molecule has 0 unspecified atom stereocenters. The molecule has 0 aliphatic rings. The highest BCUT2D eigenvalue weighted by Crippen LogP contribution is 2.20. The van der Waals surface area contributed by atoms with Crippen molar-refractivity contribution < 1.29 is 21.9 Å². The highest BCUT2D eigenvalue weighted by Gasteiger charge is 2.17. The number of benzene rings is 1. The Hall–Kier alpha value is -1.05. The van der Waals surface area contributed by atoms with Crippen LogP contribution in [0.4, 0.5) is 4.39 Å². The number of halogens is 1. The Balaban J connectivity index is 2.12. The molecule has 4 nitrogen and oxygen atoms in total. The van der Waals surface area contributed by atoms with Gasteiger partial charge in [0.25, 0.3) is 10.1 Å². The first-order valence-electron chi connectivity index (χ1n) is 5.90. The van der Waals surface area contributed by atoms with Gasteiger partial charge in [-0.2, -0.15) is 13.0 Å². The number of nitrogens with zero attached hydrogens (tertiary/aromatic N) is 1. The second-order valence-electron chi connectivity index (χ2n) is 4.38. The van der Waals surface area contributed by atoms with Gasteiger partial charge in [0.15, 0.2) is 0 Å². The molecule has 0 fully saturated rings.